The minimum Gasteiger partial charge on any atom is -0.508 e. The largest absolute Gasteiger partial charge is 0.508 e. The Balaban J connectivity index is 2.34. The fourth-order valence-electron chi connectivity index (χ4n) is 1.88. The van der Waals surface area contributed by atoms with E-state index >= 15 is 0 Å². The van der Waals surface area contributed by atoms with E-state index in [0.717, 1.165) is 0 Å². The van der Waals surface area contributed by atoms with E-state index < -0.39 is 11.5 Å². The number of benzene rings is 1. The summed E-state index contributed by atoms with van der Waals surface area (Å²) in [4.78, 5) is 11.8. The zero-order valence-corrected chi connectivity index (χ0v) is 10.1. The number of hydrogen-bond donors (Lipinski definition) is 1. The van der Waals surface area contributed by atoms with E-state index in [9.17, 15) is 9.90 Å². The van der Waals surface area contributed by atoms with Gasteiger partial charge in [0.05, 0.1) is 12.5 Å². The molecule has 0 bridgehead atoms. The Kier molecular flexibility index (Phi) is 3.43. The summed E-state index contributed by atoms with van der Waals surface area (Å²) in [6, 6.07) is 4.63. The van der Waals surface area contributed by atoms with Gasteiger partial charge in [0, 0.05) is 18.1 Å². The predicted molar refractivity (Wildman–Crippen MR) is 62.4 cm³/mol. The van der Waals surface area contributed by atoms with Crippen molar-refractivity contribution in [2.24, 2.45) is 0 Å². The number of aromatic hydroxyl groups is 1. The molecule has 0 amide bonds. The van der Waals surface area contributed by atoms with Gasteiger partial charge in [-0.15, -0.1) is 0 Å². The number of esters is 1. The lowest BCUT2D eigenvalue weighted by atomic mass is 9.93. The molecule has 0 aromatic heterocycles. The van der Waals surface area contributed by atoms with Gasteiger partial charge in [0.25, 0.3) is 0 Å². The quantitative estimate of drug-likeness (QED) is 0.652. The number of rotatable bonds is 2. The Hall–Kier alpha value is -1.42. The highest BCUT2D eigenvalue weighted by atomic mass is 35.5. The maximum atomic E-state index is 11.8. The molecule has 1 aromatic rings. The highest BCUT2D eigenvalue weighted by Gasteiger charge is 2.33. The number of halogens is 1. The van der Waals surface area contributed by atoms with Crippen LogP contribution in [0, 0.1) is 0 Å². The molecular formula is C12H13ClO4. The van der Waals surface area contributed by atoms with E-state index in [1.165, 1.54) is 12.1 Å². The molecular weight excluding hydrogens is 244 g/mol. The average Bonchev–Trinajstić information content (AvgIpc) is 2.27. The summed E-state index contributed by atoms with van der Waals surface area (Å²) < 4.78 is 10.4. The molecule has 2 atom stereocenters. The molecule has 0 aliphatic carbocycles. The van der Waals surface area contributed by atoms with E-state index in [1.54, 1.807) is 13.0 Å². The summed E-state index contributed by atoms with van der Waals surface area (Å²) in [5.41, 5.74) is 0.122. The molecule has 5 heteroatoms. The lowest BCUT2D eigenvalue weighted by molar-refractivity contribution is -0.145. The Bertz CT molecular complexity index is 433. The van der Waals surface area contributed by atoms with Gasteiger partial charge < -0.3 is 14.6 Å². The van der Waals surface area contributed by atoms with Crippen molar-refractivity contribution >= 4 is 17.6 Å². The number of fused-ring (bicyclic) bond motifs is 1. The number of hydrogen-bond acceptors (Lipinski definition) is 4. The van der Waals surface area contributed by atoms with Gasteiger partial charge in [0.1, 0.15) is 11.5 Å². The third kappa shape index (κ3) is 2.47. The van der Waals surface area contributed by atoms with Crippen LogP contribution >= 0.6 is 11.6 Å². The molecule has 1 heterocycles. The van der Waals surface area contributed by atoms with Crippen LogP contribution in [0.15, 0.2) is 18.2 Å². The Morgan fingerprint density at radius 3 is 3.12 bits per heavy atom. The van der Waals surface area contributed by atoms with Crippen molar-refractivity contribution in [3.63, 3.8) is 0 Å². The van der Waals surface area contributed by atoms with Gasteiger partial charge in [-0.1, -0.05) is 17.7 Å². The van der Waals surface area contributed by atoms with Crippen LogP contribution in [-0.4, -0.2) is 23.2 Å². The molecule has 2 rings (SSSR count). The summed E-state index contributed by atoms with van der Waals surface area (Å²) in [5, 5.41) is 9.36. The molecule has 0 spiro atoms. The fourth-order valence-corrected chi connectivity index (χ4v) is 2.15. The van der Waals surface area contributed by atoms with Crippen molar-refractivity contribution in [3.8, 4) is 11.5 Å². The minimum atomic E-state index is -0.585. The minimum absolute atomic E-state index is 0.0807. The predicted octanol–water partition coefficient (Wildman–Crippen LogP) is 2.39. The van der Waals surface area contributed by atoms with Crippen LogP contribution in [0.2, 0.25) is 0 Å². The first-order valence-electron chi connectivity index (χ1n) is 5.42. The number of alkyl halides is 1. The van der Waals surface area contributed by atoms with Crippen LogP contribution < -0.4 is 4.74 Å². The molecule has 1 aliphatic rings. The molecule has 1 N–H and O–H groups in total. The molecule has 92 valence electrons. The second-order valence-electron chi connectivity index (χ2n) is 3.79. The Morgan fingerprint density at radius 1 is 1.65 bits per heavy atom. The third-order valence-corrected chi connectivity index (χ3v) is 2.89. The lowest BCUT2D eigenvalue weighted by Gasteiger charge is -2.27. The number of phenolic OH excluding ortho intramolecular Hbond substituents is 1. The van der Waals surface area contributed by atoms with Crippen LogP contribution in [0.25, 0.3) is 0 Å². The second-order valence-corrected chi connectivity index (χ2v) is 4.28. The first-order valence-corrected chi connectivity index (χ1v) is 5.85. The van der Waals surface area contributed by atoms with E-state index in [0.29, 0.717) is 24.3 Å². The van der Waals surface area contributed by atoms with Crippen LogP contribution in [0.1, 0.15) is 24.8 Å². The smallest absolute Gasteiger partial charge is 0.313 e. The molecule has 0 radical (unpaired) electrons. The van der Waals surface area contributed by atoms with Gasteiger partial charge in [-0.2, -0.15) is 0 Å². The highest BCUT2D eigenvalue weighted by molar-refractivity contribution is 6.20. The monoisotopic (exact) mass is 256 g/mol. The average molecular weight is 257 g/mol. The van der Waals surface area contributed by atoms with Crippen LogP contribution in [0.3, 0.4) is 0 Å². The zero-order chi connectivity index (χ0) is 12.4. The van der Waals surface area contributed by atoms with Crippen molar-refractivity contribution in [1.82, 2.24) is 0 Å². The van der Waals surface area contributed by atoms with E-state index in [2.05, 4.69) is 0 Å². The maximum absolute atomic E-state index is 11.8. The van der Waals surface area contributed by atoms with E-state index in [1.807, 2.05) is 0 Å². The molecule has 1 aromatic carbocycles. The van der Waals surface area contributed by atoms with Gasteiger partial charge in [0.2, 0.25) is 0 Å². The fraction of sp³-hybridized carbons (Fsp3) is 0.417. The number of ether oxygens (including phenoxy) is 2. The van der Waals surface area contributed by atoms with Crippen molar-refractivity contribution in [1.29, 1.82) is 0 Å². The van der Waals surface area contributed by atoms with Gasteiger partial charge in [-0.05, 0) is 13.0 Å². The van der Waals surface area contributed by atoms with Crippen LogP contribution in [-0.2, 0) is 9.53 Å². The van der Waals surface area contributed by atoms with Crippen LogP contribution in [0.5, 0.6) is 11.5 Å². The molecule has 2 unspecified atom stereocenters. The SMILES string of the molecule is CCOC(=O)C1CC(Cl)Oc2cc(O)ccc21. The summed E-state index contributed by atoms with van der Waals surface area (Å²) in [6.07, 6.45) is 0.373. The summed E-state index contributed by atoms with van der Waals surface area (Å²) >= 11 is 5.92. The summed E-state index contributed by atoms with van der Waals surface area (Å²) in [5.74, 6) is -0.221. The molecule has 0 fully saturated rings. The first kappa shape index (κ1) is 12.0. The Morgan fingerprint density at radius 2 is 2.41 bits per heavy atom. The normalized spacial score (nSPS) is 22.5. The van der Waals surface area contributed by atoms with Gasteiger partial charge in [-0.25, -0.2) is 0 Å². The lowest BCUT2D eigenvalue weighted by Crippen LogP contribution is -2.27. The van der Waals surface area contributed by atoms with Gasteiger partial charge in [0.15, 0.2) is 5.56 Å². The van der Waals surface area contributed by atoms with E-state index in [-0.39, 0.29) is 11.7 Å². The van der Waals surface area contributed by atoms with Gasteiger partial charge >= 0.3 is 5.97 Å². The van der Waals surface area contributed by atoms with Gasteiger partial charge in [-0.3, -0.25) is 4.79 Å². The third-order valence-electron chi connectivity index (χ3n) is 2.62. The van der Waals surface area contributed by atoms with Crippen molar-refractivity contribution in [3.05, 3.63) is 23.8 Å². The zero-order valence-electron chi connectivity index (χ0n) is 9.35. The number of carbonyl (C=O) groups excluding carboxylic acids is 1. The molecule has 17 heavy (non-hydrogen) atoms. The first-order chi connectivity index (χ1) is 8.11. The Labute approximate surface area is 104 Å². The number of carbonyl (C=O) groups is 1. The van der Waals surface area contributed by atoms with Crippen molar-refractivity contribution in [2.75, 3.05) is 6.61 Å². The maximum Gasteiger partial charge on any atom is 0.313 e. The summed E-state index contributed by atoms with van der Waals surface area (Å²) in [6.45, 7) is 2.09. The molecule has 4 nitrogen and oxygen atoms in total. The van der Waals surface area contributed by atoms with Crippen LogP contribution in [0.4, 0.5) is 0 Å². The topological polar surface area (TPSA) is 55.8 Å². The molecule has 0 saturated carbocycles. The summed E-state index contributed by atoms with van der Waals surface area (Å²) in [7, 11) is 0. The van der Waals surface area contributed by atoms with Crippen molar-refractivity contribution in [2.45, 2.75) is 24.8 Å². The van der Waals surface area contributed by atoms with Crippen molar-refractivity contribution < 1.29 is 19.4 Å². The van der Waals surface area contributed by atoms with E-state index in [4.69, 9.17) is 21.1 Å². The number of phenols is 1. The molecule has 0 saturated heterocycles. The standard InChI is InChI=1S/C12H13ClO4/c1-2-16-12(15)9-6-11(13)17-10-5-7(14)3-4-8(9)10/h3-5,9,11,14H,2,6H2,1H3. The highest BCUT2D eigenvalue weighted by Crippen LogP contribution is 2.39. The molecule has 1 aliphatic heterocycles. The second kappa shape index (κ2) is 4.84.